The summed E-state index contributed by atoms with van der Waals surface area (Å²) in [4.78, 5) is 15.6. The number of carbonyl (C=O) groups excluding carboxylic acids is 1. The van der Waals surface area contributed by atoms with Crippen molar-refractivity contribution in [1.29, 1.82) is 5.41 Å². The molecule has 0 saturated heterocycles. The van der Waals surface area contributed by atoms with Crippen molar-refractivity contribution in [2.45, 2.75) is 26.2 Å². The Kier molecular flexibility index (Phi) is 4.37. The van der Waals surface area contributed by atoms with Gasteiger partial charge in [-0.05, 0) is 24.5 Å². The third-order valence-corrected chi connectivity index (χ3v) is 4.76. The van der Waals surface area contributed by atoms with Crippen molar-refractivity contribution < 1.29 is 4.79 Å². The zero-order valence-electron chi connectivity index (χ0n) is 13.9. The van der Waals surface area contributed by atoms with Gasteiger partial charge in [-0.2, -0.15) is 0 Å². The molecule has 2 N–H and O–H groups in total. The average molecular weight is 312 g/mol. The minimum absolute atomic E-state index is 0.0736. The first-order chi connectivity index (χ1) is 11.1. The molecule has 0 bridgehead atoms. The number of fused-ring (bicyclic) bond motifs is 1. The number of para-hydroxylation sites is 1. The Hall–Kier alpha value is -2.30. The molecule has 122 valence electrons. The molecule has 1 amide bonds. The van der Waals surface area contributed by atoms with Crippen LogP contribution in [0, 0.1) is 5.41 Å². The fraction of sp³-hybridized carbons (Fsp3) is 0.444. The lowest BCUT2D eigenvalue weighted by Gasteiger charge is -2.36. The van der Waals surface area contributed by atoms with E-state index in [1.54, 1.807) is 6.92 Å². The van der Waals surface area contributed by atoms with E-state index in [4.69, 9.17) is 5.41 Å². The van der Waals surface area contributed by atoms with E-state index < -0.39 is 0 Å². The Bertz CT molecular complexity index is 665. The summed E-state index contributed by atoms with van der Waals surface area (Å²) in [6.07, 6.45) is 2.90. The van der Waals surface area contributed by atoms with Gasteiger partial charge in [-0.3, -0.25) is 10.2 Å². The van der Waals surface area contributed by atoms with Crippen LogP contribution in [-0.2, 0) is 11.2 Å². The summed E-state index contributed by atoms with van der Waals surface area (Å²) in [6, 6.07) is 8.32. The van der Waals surface area contributed by atoms with Gasteiger partial charge >= 0.3 is 0 Å². The molecule has 1 aromatic carbocycles. The molecule has 2 heterocycles. The number of rotatable bonds is 2. The van der Waals surface area contributed by atoms with Gasteiger partial charge in [0.05, 0.1) is 6.54 Å². The molecule has 5 nitrogen and oxygen atoms in total. The predicted molar refractivity (Wildman–Crippen MR) is 92.8 cm³/mol. The number of hydrogen-bond acceptors (Lipinski definition) is 3. The number of amidine groups is 1. The minimum Gasteiger partial charge on any atom is -0.391 e. The zero-order valence-corrected chi connectivity index (χ0v) is 13.9. The van der Waals surface area contributed by atoms with Crippen LogP contribution >= 0.6 is 0 Å². The summed E-state index contributed by atoms with van der Waals surface area (Å²) in [6.45, 7) is 3.69. The minimum atomic E-state index is 0.0736. The molecular weight excluding hydrogens is 288 g/mol. The second-order valence-corrected chi connectivity index (χ2v) is 6.13. The van der Waals surface area contributed by atoms with Crippen LogP contribution in [0.3, 0.4) is 0 Å². The lowest BCUT2D eigenvalue weighted by atomic mass is 9.98. The first-order valence-corrected chi connectivity index (χ1v) is 8.21. The van der Waals surface area contributed by atoms with E-state index in [0.29, 0.717) is 12.4 Å². The Morgan fingerprint density at radius 3 is 2.74 bits per heavy atom. The fourth-order valence-electron chi connectivity index (χ4n) is 3.45. The maximum atomic E-state index is 11.7. The summed E-state index contributed by atoms with van der Waals surface area (Å²) in [5, 5.41) is 12.0. The summed E-state index contributed by atoms with van der Waals surface area (Å²) in [5.41, 5.74) is 4.45. The van der Waals surface area contributed by atoms with Crippen LogP contribution in [0.2, 0.25) is 0 Å². The average Bonchev–Trinajstić information content (AvgIpc) is 2.60. The summed E-state index contributed by atoms with van der Waals surface area (Å²) < 4.78 is 0. The largest absolute Gasteiger partial charge is 0.391 e. The van der Waals surface area contributed by atoms with Crippen molar-refractivity contribution in [3.63, 3.8) is 0 Å². The highest BCUT2D eigenvalue weighted by atomic mass is 16.2. The highest BCUT2D eigenvalue weighted by molar-refractivity contribution is 6.09. The predicted octanol–water partition coefficient (Wildman–Crippen LogP) is 2.14. The van der Waals surface area contributed by atoms with Crippen LogP contribution in [0.15, 0.2) is 35.5 Å². The standard InChI is InChI=1S/C18H24N4O/c1-13(23)21-11-9-16(20-2)15(12-21)18(19)22-10-5-7-14-6-3-4-8-17(14)22/h3-4,6,8,19-20H,5,7,9-12H2,1-2H3. The van der Waals surface area contributed by atoms with Gasteiger partial charge < -0.3 is 15.1 Å². The van der Waals surface area contributed by atoms with Crippen LogP contribution in [0.25, 0.3) is 0 Å². The number of nitrogens with one attached hydrogen (secondary N) is 2. The summed E-state index contributed by atoms with van der Waals surface area (Å²) in [7, 11) is 1.90. The molecular formula is C18H24N4O. The molecule has 0 aliphatic carbocycles. The van der Waals surface area contributed by atoms with E-state index in [0.717, 1.165) is 49.3 Å². The molecule has 0 aromatic heterocycles. The molecule has 23 heavy (non-hydrogen) atoms. The van der Waals surface area contributed by atoms with Crippen LogP contribution in [0.1, 0.15) is 25.3 Å². The first kappa shape index (κ1) is 15.6. The van der Waals surface area contributed by atoms with Gasteiger partial charge in [-0.15, -0.1) is 0 Å². The number of nitrogens with zero attached hydrogens (tertiary/aromatic N) is 2. The molecule has 0 unspecified atom stereocenters. The highest BCUT2D eigenvalue weighted by Gasteiger charge is 2.28. The van der Waals surface area contributed by atoms with Crippen LogP contribution in [-0.4, -0.2) is 43.3 Å². The second-order valence-electron chi connectivity index (χ2n) is 6.13. The zero-order chi connectivity index (χ0) is 16.4. The molecule has 1 aromatic rings. The van der Waals surface area contributed by atoms with E-state index in [1.807, 2.05) is 18.0 Å². The quantitative estimate of drug-likeness (QED) is 0.650. The van der Waals surface area contributed by atoms with Crippen molar-refractivity contribution >= 4 is 17.4 Å². The molecule has 2 aliphatic heterocycles. The van der Waals surface area contributed by atoms with E-state index in [2.05, 4.69) is 28.4 Å². The smallest absolute Gasteiger partial charge is 0.219 e. The lowest BCUT2D eigenvalue weighted by Crippen LogP contribution is -2.44. The van der Waals surface area contributed by atoms with Gasteiger partial charge in [0.2, 0.25) is 5.91 Å². The molecule has 5 heteroatoms. The van der Waals surface area contributed by atoms with Crippen molar-refractivity contribution in [3.8, 4) is 0 Å². The van der Waals surface area contributed by atoms with Crippen LogP contribution in [0.4, 0.5) is 5.69 Å². The van der Waals surface area contributed by atoms with E-state index >= 15 is 0 Å². The van der Waals surface area contributed by atoms with Gasteiger partial charge in [-0.1, -0.05) is 18.2 Å². The Balaban J connectivity index is 1.93. The number of benzene rings is 1. The van der Waals surface area contributed by atoms with Crippen molar-refractivity contribution in [3.05, 3.63) is 41.1 Å². The van der Waals surface area contributed by atoms with Gasteiger partial charge in [0.15, 0.2) is 0 Å². The molecule has 0 spiro atoms. The van der Waals surface area contributed by atoms with Gasteiger partial charge in [-0.25, -0.2) is 0 Å². The van der Waals surface area contributed by atoms with Crippen molar-refractivity contribution in [2.75, 3.05) is 31.6 Å². The molecule has 0 atom stereocenters. The molecule has 3 rings (SSSR count). The highest BCUT2D eigenvalue weighted by Crippen LogP contribution is 2.29. The number of aryl methyl sites for hydroxylation is 1. The Morgan fingerprint density at radius 2 is 2.00 bits per heavy atom. The number of amides is 1. The fourth-order valence-corrected chi connectivity index (χ4v) is 3.45. The molecule has 0 radical (unpaired) electrons. The summed E-state index contributed by atoms with van der Waals surface area (Å²) >= 11 is 0. The Morgan fingerprint density at radius 1 is 1.22 bits per heavy atom. The number of carbonyl (C=O) groups is 1. The second kappa shape index (κ2) is 6.44. The monoisotopic (exact) mass is 312 g/mol. The molecule has 2 aliphatic rings. The molecule has 0 saturated carbocycles. The van der Waals surface area contributed by atoms with Crippen LogP contribution in [0.5, 0.6) is 0 Å². The third kappa shape index (κ3) is 2.96. The normalized spacial score (nSPS) is 17.8. The van der Waals surface area contributed by atoms with Crippen molar-refractivity contribution in [1.82, 2.24) is 10.2 Å². The number of anilines is 1. The maximum absolute atomic E-state index is 11.7. The van der Waals surface area contributed by atoms with E-state index in [1.165, 1.54) is 5.56 Å². The van der Waals surface area contributed by atoms with Crippen molar-refractivity contribution in [2.24, 2.45) is 0 Å². The van der Waals surface area contributed by atoms with Crippen LogP contribution < -0.4 is 10.2 Å². The number of hydrogen-bond donors (Lipinski definition) is 2. The SMILES string of the molecule is CNC1=C(C(=N)N2CCCc3ccccc32)CN(C(C)=O)CC1. The molecule has 0 fully saturated rings. The Labute approximate surface area is 137 Å². The van der Waals surface area contributed by atoms with Gasteiger partial charge in [0, 0.05) is 50.4 Å². The van der Waals surface area contributed by atoms with Gasteiger partial charge in [0.25, 0.3) is 0 Å². The first-order valence-electron chi connectivity index (χ1n) is 8.21. The van der Waals surface area contributed by atoms with E-state index in [9.17, 15) is 4.79 Å². The lowest BCUT2D eigenvalue weighted by molar-refractivity contribution is -0.128. The maximum Gasteiger partial charge on any atom is 0.219 e. The van der Waals surface area contributed by atoms with Gasteiger partial charge in [0.1, 0.15) is 5.84 Å². The summed E-state index contributed by atoms with van der Waals surface area (Å²) in [5.74, 6) is 0.594. The third-order valence-electron chi connectivity index (χ3n) is 4.76. The van der Waals surface area contributed by atoms with E-state index in [-0.39, 0.29) is 5.91 Å². The topological polar surface area (TPSA) is 59.4 Å².